The Morgan fingerprint density at radius 1 is 1.00 bits per heavy atom. The van der Waals surface area contributed by atoms with Crippen LogP contribution in [0, 0.1) is 5.41 Å². The number of carbonyl (C=O) groups is 2. The fourth-order valence-electron chi connectivity index (χ4n) is 3.36. The number of rotatable bonds is 12. The molecule has 0 aromatic carbocycles. The van der Waals surface area contributed by atoms with Crippen molar-refractivity contribution in [3.05, 3.63) is 12.2 Å². The van der Waals surface area contributed by atoms with Crippen LogP contribution in [-0.2, 0) is 9.59 Å². The second-order valence-electron chi connectivity index (χ2n) is 6.38. The van der Waals surface area contributed by atoms with Crippen molar-refractivity contribution in [1.82, 2.24) is 0 Å². The zero-order valence-electron chi connectivity index (χ0n) is 13.2. The van der Waals surface area contributed by atoms with Crippen LogP contribution < -0.4 is 0 Å². The highest BCUT2D eigenvalue weighted by Crippen LogP contribution is 2.43. The molecule has 0 spiro atoms. The first-order valence-corrected chi connectivity index (χ1v) is 8.52. The van der Waals surface area contributed by atoms with E-state index in [0.717, 1.165) is 32.0 Å². The van der Waals surface area contributed by atoms with Crippen LogP contribution in [0.3, 0.4) is 0 Å². The number of hydrogen-bond acceptors (Lipinski definition) is 2. The van der Waals surface area contributed by atoms with Gasteiger partial charge in [-0.25, -0.2) is 0 Å². The van der Waals surface area contributed by atoms with Gasteiger partial charge in [0.25, 0.3) is 0 Å². The number of unbranched alkanes of at least 4 members (excludes halogenated alkanes) is 5. The van der Waals surface area contributed by atoms with Gasteiger partial charge in [-0.1, -0.05) is 50.7 Å². The smallest absolute Gasteiger partial charge is 0.303 e. The van der Waals surface area contributed by atoms with Gasteiger partial charge < -0.3 is 9.90 Å². The van der Waals surface area contributed by atoms with Crippen LogP contribution in [0.25, 0.3) is 0 Å². The number of allylic oxidation sites excluding steroid dienone is 2. The number of carboxylic acids is 1. The van der Waals surface area contributed by atoms with E-state index in [9.17, 15) is 9.59 Å². The van der Waals surface area contributed by atoms with Crippen molar-refractivity contribution in [2.75, 3.05) is 0 Å². The minimum Gasteiger partial charge on any atom is -0.481 e. The molecule has 0 heterocycles. The van der Waals surface area contributed by atoms with Gasteiger partial charge in [-0.2, -0.15) is 0 Å². The molecule has 0 saturated heterocycles. The van der Waals surface area contributed by atoms with Gasteiger partial charge in [0, 0.05) is 12.8 Å². The van der Waals surface area contributed by atoms with Crippen LogP contribution in [0.15, 0.2) is 12.2 Å². The first-order chi connectivity index (χ1) is 10.2. The highest BCUT2D eigenvalue weighted by Gasteiger charge is 2.30. The highest BCUT2D eigenvalue weighted by molar-refractivity contribution is 5.66. The molecule has 0 aliphatic heterocycles. The van der Waals surface area contributed by atoms with Crippen molar-refractivity contribution in [1.29, 1.82) is 0 Å². The van der Waals surface area contributed by atoms with Crippen LogP contribution in [-0.4, -0.2) is 17.4 Å². The van der Waals surface area contributed by atoms with Gasteiger partial charge in [-0.3, -0.25) is 4.79 Å². The zero-order valence-corrected chi connectivity index (χ0v) is 13.2. The summed E-state index contributed by atoms with van der Waals surface area (Å²) in [6.07, 6.45) is 19.3. The summed E-state index contributed by atoms with van der Waals surface area (Å²) in [6, 6.07) is 0. The van der Waals surface area contributed by atoms with Crippen molar-refractivity contribution < 1.29 is 14.7 Å². The third kappa shape index (κ3) is 8.03. The van der Waals surface area contributed by atoms with Crippen LogP contribution >= 0.6 is 0 Å². The number of carbonyl (C=O) groups excluding carboxylic acids is 1. The molecule has 0 aromatic heterocycles. The Bertz CT molecular complexity index is 327. The molecule has 21 heavy (non-hydrogen) atoms. The van der Waals surface area contributed by atoms with Gasteiger partial charge in [0.2, 0.25) is 0 Å². The van der Waals surface area contributed by atoms with Crippen molar-refractivity contribution in [2.24, 2.45) is 5.41 Å². The maximum absolute atomic E-state index is 10.4. The Morgan fingerprint density at radius 3 is 2.33 bits per heavy atom. The minimum absolute atomic E-state index is 0.309. The molecule has 0 bridgehead atoms. The summed E-state index contributed by atoms with van der Waals surface area (Å²) in [4.78, 5) is 20.8. The molecular weight excluding hydrogens is 264 g/mol. The first kappa shape index (κ1) is 17.9. The molecule has 0 atom stereocenters. The zero-order chi connectivity index (χ0) is 15.4. The van der Waals surface area contributed by atoms with E-state index < -0.39 is 5.97 Å². The Balaban J connectivity index is 2.17. The molecule has 1 aliphatic rings. The number of carboxylic acid groups (broad SMARTS) is 1. The maximum atomic E-state index is 10.4. The second-order valence-corrected chi connectivity index (χ2v) is 6.38. The van der Waals surface area contributed by atoms with Gasteiger partial charge in [-0.05, 0) is 37.5 Å². The van der Waals surface area contributed by atoms with E-state index in [1.54, 1.807) is 0 Å². The predicted octanol–water partition coefficient (Wildman–Crippen LogP) is 4.90. The van der Waals surface area contributed by atoms with Gasteiger partial charge >= 0.3 is 5.97 Å². The molecule has 3 heteroatoms. The lowest BCUT2D eigenvalue weighted by molar-refractivity contribution is -0.137. The molecule has 1 aliphatic carbocycles. The molecule has 3 nitrogen and oxygen atoms in total. The van der Waals surface area contributed by atoms with E-state index in [1.807, 2.05) is 0 Å². The lowest BCUT2D eigenvalue weighted by atomic mass is 9.80. The number of hydrogen-bond donors (Lipinski definition) is 1. The van der Waals surface area contributed by atoms with Crippen LogP contribution in [0.4, 0.5) is 0 Å². The summed E-state index contributed by atoms with van der Waals surface area (Å²) in [5, 5.41) is 8.58. The normalized spacial score (nSPS) is 17.3. The van der Waals surface area contributed by atoms with Gasteiger partial charge in [0.15, 0.2) is 0 Å². The lowest BCUT2D eigenvalue weighted by Gasteiger charge is -2.25. The molecule has 0 aromatic rings. The Kier molecular flexibility index (Phi) is 9.04. The van der Waals surface area contributed by atoms with E-state index in [-0.39, 0.29) is 0 Å². The first-order valence-electron chi connectivity index (χ1n) is 8.52. The predicted molar refractivity (Wildman–Crippen MR) is 85.3 cm³/mol. The standard InChI is InChI=1S/C18H30O3/c19-16-10-4-7-13-18(14-8-9-15-18)12-6-3-1-2-5-11-17(20)21/h7,13,16H,1-6,8-12,14-15H2,(H,20,21). The maximum Gasteiger partial charge on any atom is 0.303 e. The van der Waals surface area contributed by atoms with Crippen molar-refractivity contribution >= 4 is 12.3 Å². The molecule has 120 valence electrons. The fraction of sp³-hybridized carbons (Fsp3) is 0.778. The molecule has 0 unspecified atom stereocenters. The van der Waals surface area contributed by atoms with E-state index in [4.69, 9.17) is 5.11 Å². The third-order valence-electron chi connectivity index (χ3n) is 4.59. The topological polar surface area (TPSA) is 54.4 Å². The Hall–Kier alpha value is -1.12. The van der Waals surface area contributed by atoms with E-state index in [1.165, 1.54) is 44.9 Å². The second kappa shape index (κ2) is 10.6. The minimum atomic E-state index is -0.680. The summed E-state index contributed by atoms with van der Waals surface area (Å²) in [7, 11) is 0. The molecular formula is C18H30O3. The van der Waals surface area contributed by atoms with Crippen LogP contribution in [0.5, 0.6) is 0 Å². The third-order valence-corrected chi connectivity index (χ3v) is 4.59. The van der Waals surface area contributed by atoms with Gasteiger partial charge in [0.1, 0.15) is 6.29 Å². The van der Waals surface area contributed by atoms with Crippen LogP contribution in [0.2, 0.25) is 0 Å². The average molecular weight is 294 g/mol. The summed E-state index contributed by atoms with van der Waals surface area (Å²) >= 11 is 0. The summed E-state index contributed by atoms with van der Waals surface area (Å²) in [6.45, 7) is 0. The van der Waals surface area contributed by atoms with E-state index >= 15 is 0 Å². The highest BCUT2D eigenvalue weighted by atomic mass is 16.4. The van der Waals surface area contributed by atoms with E-state index in [2.05, 4.69) is 12.2 Å². The monoisotopic (exact) mass is 294 g/mol. The summed E-state index contributed by atoms with van der Waals surface area (Å²) < 4.78 is 0. The average Bonchev–Trinajstić information content (AvgIpc) is 2.91. The van der Waals surface area contributed by atoms with Crippen molar-refractivity contribution in [3.63, 3.8) is 0 Å². The Morgan fingerprint density at radius 2 is 1.67 bits per heavy atom. The number of aldehydes is 1. The quantitative estimate of drug-likeness (QED) is 0.316. The Labute approximate surface area is 128 Å². The molecule has 1 fully saturated rings. The van der Waals surface area contributed by atoms with E-state index in [0.29, 0.717) is 18.3 Å². The largest absolute Gasteiger partial charge is 0.481 e. The lowest BCUT2D eigenvalue weighted by Crippen LogP contribution is -2.12. The van der Waals surface area contributed by atoms with Crippen LogP contribution in [0.1, 0.15) is 83.5 Å². The molecule has 1 rings (SSSR count). The molecule has 1 N–H and O–H groups in total. The van der Waals surface area contributed by atoms with Gasteiger partial charge in [-0.15, -0.1) is 0 Å². The summed E-state index contributed by atoms with van der Waals surface area (Å²) in [5.74, 6) is -0.680. The summed E-state index contributed by atoms with van der Waals surface area (Å²) in [5.41, 5.74) is 0.393. The van der Waals surface area contributed by atoms with Crippen molar-refractivity contribution in [3.8, 4) is 0 Å². The molecule has 0 radical (unpaired) electrons. The fourth-order valence-corrected chi connectivity index (χ4v) is 3.36. The SMILES string of the molecule is O=CCCC=CC1(CCCCCCCC(=O)O)CCCC1. The van der Waals surface area contributed by atoms with Gasteiger partial charge in [0.05, 0.1) is 0 Å². The molecule has 0 amide bonds. The van der Waals surface area contributed by atoms with Crippen molar-refractivity contribution in [2.45, 2.75) is 83.5 Å². The molecule has 1 saturated carbocycles. The number of aliphatic carboxylic acids is 1.